The van der Waals surface area contributed by atoms with Crippen LogP contribution in [0, 0.1) is 5.92 Å². The zero-order valence-electron chi connectivity index (χ0n) is 8.36. The normalized spacial score (nSPS) is 16.1. The number of ether oxygens (including phenoxy) is 1. The molecule has 1 atom stereocenters. The number of alkyl halides is 4. The van der Waals surface area contributed by atoms with E-state index in [4.69, 9.17) is 5.73 Å². The van der Waals surface area contributed by atoms with Gasteiger partial charge < -0.3 is 10.5 Å². The monoisotopic (exact) mass is 217 g/mol. The number of hydrogen-bond acceptors (Lipinski definition) is 2. The molecule has 0 bridgehead atoms. The second kappa shape index (κ2) is 4.44. The van der Waals surface area contributed by atoms with Crippen LogP contribution in [0.5, 0.6) is 0 Å². The molecule has 0 aliphatic carbocycles. The van der Waals surface area contributed by atoms with Gasteiger partial charge in [-0.25, -0.2) is 8.78 Å². The summed E-state index contributed by atoms with van der Waals surface area (Å²) in [5.74, 6) is -4.21. The number of hydrogen-bond donors (Lipinski definition) is 1. The molecular formula is C8H15F4NO. The third-order valence-corrected chi connectivity index (χ3v) is 1.78. The van der Waals surface area contributed by atoms with Crippen LogP contribution in [0.15, 0.2) is 0 Å². The van der Waals surface area contributed by atoms with Crippen molar-refractivity contribution in [2.45, 2.75) is 38.8 Å². The van der Waals surface area contributed by atoms with Crippen LogP contribution in [0.1, 0.15) is 20.8 Å². The summed E-state index contributed by atoms with van der Waals surface area (Å²) >= 11 is 0. The molecule has 6 heteroatoms. The maximum Gasteiger partial charge on any atom is 0.352 e. The smallest absolute Gasteiger partial charge is 0.321 e. The highest BCUT2D eigenvalue weighted by Gasteiger charge is 2.41. The molecule has 0 aliphatic rings. The first-order valence-corrected chi connectivity index (χ1v) is 4.22. The Bertz CT molecular complexity index is 179. The summed E-state index contributed by atoms with van der Waals surface area (Å²) < 4.78 is 54.3. The van der Waals surface area contributed by atoms with Crippen molar-refractivity contribution < 1.29 is 22.3 Å². The van der Waals surface area contributed by atoms with Crippen molar-refractivity contribution in [3.8, 4) is 0 Å². The first kappa shape index (κ1) is 13.6. The fraction of sp³-hybridized carbons (Fsp3) is 1.00. The summed E-state index contributed by atoms with van der Waals surface area (Å²) in [7, 11) is 0. The first-order valence-electron chi connectivity index (χ1n) is 4.22. The predicted molar refractivity (Wildman–Crippen MR) is 44.3 cm³/mol. The zero-order chi connectivity index (χ0) is 11.6. The molecule has 0 rings (SSSR count). The molecule has 0 saturated heterocycles. The summed E-state index contributed by atoms with van der Waals surface area (Å²) in [6, 6.07) is -1.71. The molecule has 0 heterocycles. The Balaban J connectivity index is 4.15. The van der Waals surface area contributed by atoms with Crippen LogP contribution in [-0.4, -0.2) is 24.7 Å². The Morgan fingerprint density at radius 3 is 1.93 bits per heavy atom. The number of halogens is 4. The van der Waals surface area contributed by atoms with E-state index < -0.39 is 30.6 Å². The quantitative estimate of drug-likeness (QED) is 0.717. The molecule has 0 unspecified atom stereocenters. The van der Waals surface area contributed by atoms with Crippen molar-refractivity contribution in [2.75, 3.05) is 6.61 Å². The van der Waals surface area contributed by atoms with Crippen molar-refractivity contribution in [1.82, 2.24) is 0 Å². The maximum atomic E-state index is 13.1. The predicted octanol–water partition coefficient (Wildman–Crippen LogP) is 2.23. The van der Waals surface area contributed by atoms with Gasteiger partial charge in [-0.2, -0.15) is 8.78 Å². The standard InChI is InChI=1S/C8H15F4NO/c1-5(2)8(11,12)6(13)4-14-7(3,9)10/h5-6H,4,13H2,1-3H3/t6-/m0/s1. The Morgan fingerprint density at radius 1 is 1.21 bits per heavy atom. The van der Waals surface area contributed by atoms with Crippen LogP contribution >= 0.6 is 0 Å². The SMILES string of the molecule is CC(C)C(F)(F)[C@@H](N)COC(C)(F)F. The lowest BCUT2D eigenvalue weighted by Crippen LogP contribution is -2.48. The molecule has 0 fully saturated rings. The van der Waals surface area contributed by atoms with Gasteiger partial charge in [-0.3, -0.25) is 0 Å². The van der Waals surface area contributed by atoms with Gasteiger partial charge in [0, 0.05) is 12.8 Å². The van der Waals surface area contributed by atoms with Crippen molar-refractivity contribution in [3.05, 3.63) is 0 Å². The van der Waals surface area contributed by atoms with Gasteiger partial charge in [-0.1, -0.05) is 13.8 Å². The van der Waals surface area contributed by atoms with Crippen molar-refractivity contribution in [3.63, 3.8) is 0 Å². The van der Waals surface area contributed by atoms with E-state index in [0.717, 1.165) is 0 Å². The number of nitrogens with two attached hydrogens (primary N) is 1. The largest absolute Gasteiger partial charge is 0.352 e. The van der Waals surface area contributed by atoms with Gasteiger partial charge in [0.05, 0.1) is 12.6 Å². The number of rotatable bonds is 5. The molecule has 2 N–H and O–H groups in total. The minimum atomic E-state index is -3.43. The Hall–Kier alpha value is -0.360. The molecule has 0 spiro atoms. The van der Waals surface area contributed by atoms with E-state index in [1.54, 1.807) is 0 Å². The highest BCUT2D eigenvalue weighted by Crippen LogP contribution is 2.28. The molecule has 2 nitrogen and oxygen atoms in total. The Labute approximate surface area is 80.4 Å². The lowest BCUT2D eigenvalue weighted by atomic mass is 10.00. The first-order chi connectivity index (χ1) is 6.07. The average Bonchev–Trinajstić information content (AvgIpc) is 1.98. The molecule has 14 heavy (non-hydrogen) atoms. The van der Waals surface area contributed by atoms with Gasteiger partial charge >= 0.3 is 6.11 Å². The average molecular weight is 217 g/mol. The molecule has 0 aromatic heterocycles. The van der Waals surface area contributed by atoms with Gasteiger partial charge in [0.2, 0.25) is 0 Å². The summed E-state index contributed by atoms with van der Waals surface area (Å²) in [6.45, 7) is 2.15. The van der Waals surface area contributed by atoms with Gasteiger partial charge in [0.1, 0.15) is 0 Å². The van der Waals surface area contributed by atoms with Crippen LogP contribution in [-0.2, 0) is 4.74 Å². The van der Waals surface area contributed by atoms with Gasteiger partial charge in [0.15, 0.2) is 0 Å². The lowest BCUT2D eigenvalue weighted by Gasteiger charge is -2.27. The van der Waals surface area contributed by atoms with Crippen molar-refractivity contribution in [1.29, 1.82) is 0 Å². The van der Waals surface area contributed by atoms with Crippen molar-refractivity contribution in [2.24, 2.45) is 11.7 Å². The van der Waals surface area contributed by atoms with E-state index in [1.807, 2.05) is 0 Å². The van der Waals surface area contributed by atoms with E-state index in [-0.39, 0.29) is 0 Å². The summed E-state index contributed by atoms with van der Waals surface area (Å²) in [5.41, 5.74) is 5.05. The topological polar surface area (TPSA) is 35.2 Å². The van der Waals surface area contributed by atoms with E-state index in [2.05, 4.69) is 4.74 Å². The van der Waals surface area contributed by atoms with Gasteiger partial charge in [0.25, 0.3) is 5.92 Å². The molecular weight excluding hydrogens is 202 g/mol. The van der Waals surface area contributed by atoms with Crippen molar-refractivity contribution >= 4 is 0 Å². The molecule has 0 aliphatic heterocycles. The molecule has 0 saturated carbocycles. The molecule has 0 radical (unpaired) electrons. The molecule has 86 valence electrons. The van der Waals surface area contributed by atoms with Crippen LogP contribution < -0.4 is 5.73 Å². The Kier molecular flexibility index (Phi) is 4.33. The highest BCUT2D eigenvalue weighted by atomic mass is 19.3. The zero-order valence-corrected chi connectivity index (χ0v) is 8.36. The third-order valence-electron chi connectivity index (χ3n) is 1.78. The molecule has 0 aromatic rings. The van der Waals surface area contributed by atoms with E-state index >= 15 is 0 Å². The van der Waals surface area contributed by atoms with Gasteiger partial charge in [-0.05, 0) is 0 Å². The third kappa shape index (κ3) is 4.23. The van der Waals surface area contributed by atoms with E-state index in [9.17, 15) is 17.6 Å². The van der Waals surface area contributed by atoms with Crippen LogP contribution in [0.4, 0.5) is 17.6 Å². The van der Waals surface area contributed by atoms with E-state index in [0.29, 0.717) is 6.92 Å². The molecule has 0 aromatic carbocycles. The maximum absolute atomic E-state index is 13.1. The van der Waals surface area contributed by atoms with Crippen LogP contribution in [0.3, 0.4) is 0 Å². The second-order valence-corrected chi connectivity index (χ2v) is 3.55. The summed E-state index contributed by atoms with van der Waals surface area (Å²) in [5, 5.41) is 0. The lowest BCUT2D eigenvalue weighted by molar-refractivity contribution is -0.236. The minimum absolute atomic E-state index is 0.479. The van der Waals surface area contributed by atoms with E-state index in [1.165, 1.54) is 13.8 Å². The minimum Gasteiger partial charge on any atom is -0.321 e. The summed E-state index contributed by atoms with van der Waals surface area (Å²) in [6.07, 6.45) is -3.43. The van der Waals surface area contributed by atoms with Gasteiger partial charge in [-0.15, -0.1) is 0 Å². The fourth-order valence-corrected chi connectivity index (χ4v) is 0.775. The van der Waals surface area contributed by atoms with Crippen LogP contribution in [0.2, 0.25) is 0 Å². The van der Waals surface area contributed by atoms with Crippen LogP contribution in [0.25, 0.3) is 0 Å². The summed E-state index contributed by atoms with van der Waals surface area (Å²) in [4.78, 5) is 0. The second-order valence-electron chi connectivity index (χ2n) is 3.55. The Morgan fingerprint density at radius 2 is 1.64 bits per heavy atom. The fourth-order valence-electron chi connectivity index (χ4n) is 0.775. The molecule has 0 amide bonds. The highest BCUT2D eigenvalue weighted by molar-refractivity contribution is 4.83.